The highest BCUT2D eigenvalue weighted by Gasteiger charge is 2.25. The van der Waals surface area contributed by atoms with Crippen molar-refractivity contribution in [1.29, 1.82) is 0 Å². The molecule has 0 aromatic rings. The van der Waals surface area contributed by atoms with Crippen LogP contribution in [0.1, 0.15) is 142 Å². The van der Waals surface area contributed by atoms with Gasteiger partial charge in [0.15, 0.2) is 6.10 Å². The lowest BCUT2D eigenvalue weighted by Crippen LogP contribution is -2.29. The third-order valence-corrected chi connectivity index (χ3v) is 8.57. The van der Waals surface area contributed by atoms with Crippen molar-refractivity contribution in [3.05, 3.63) is 72.9 Å². The van der Waals surface area contributed by atoms with Gasteiger partial charge in [0.1, 0.15) is 6.61 Å². The molecule has 2 atom stereocenters. The lowest BCUT2D eigenvalue weighted by Gasteiger charge is -2.19. The van der Waals surface area contributed by atoms with Gasteiger partial charge in [-0.1, -0.05) is 132 Å². The van der Waals surface area contributed by atoms with Crippen LogP contribution in [-0.4, -0.2) is 49.3 Å². The molecule has 0 aliphatic rings. The summed E-state index contributed by atoms with van der Waals surface area (Å²) >= 11 is 0. The number of esters is 2. The Bertz CT molecular complexity index is 1070. The van der Waals surface area contributed by atoms with Crippen LogP contribution in [0.5, 0.6) is 0 Å². The first-order valence-electron chi connectivity index (χ1n) is 19.4. The molecular weight excluding hydrogens is 665 g/mol. The van der Waals surface area contributed by atoms with E-state index in [1.165, 1.54) is 44.9 Å². The molecule has 51 heavy (non-hydrogen) atoms. The number of hydrogen-bond donors (Lipinski definition) is 2. The highest BCUT2D eigenvalue weighted by atomic mass is 31.2. The Hall–Kier alpha value is -2.55. The summed E-state index contributed by atoms with van der Waals surface area (Å²) in [4.78, 5) is 34.7. The Balaban J connectivity index is 4.31. The predicted octanol–water partition coefficient (Wildman–Crippen LogP) is 10.7. The van der Waals surface area contributed by atoms with Crippen molar-refractivity contribution in [3.8, 4) is 0 Å². The molecule has 0 aromatic heterocycles. The second-order valence-corrected chi connectivity index (χ2v) is 13.9. The molecule has 0 saturated heterocycles. The van der Waals surface area contributed by atoms with Crippen molar-refractivity contribution in [3.63, 3.8) is 0 Å². The lowest BCUT2D eigenvalue weighted by atomic mass is 10.1. The summed E-state index contributed by atoms with van der Waals surface area (Å²) in [6, 6.07) is 0. The molecule has 0 spiro atoms. The Morgan fingerprint density at radius 1 is 0.608 bits per heavy atom. The average Bonchev–Trinajstić information content (AvgIpc) is 3.11. The van der Waals surface area contributed by atoms with Gasteiger partial charge in [-0.05, 0) is 70.6 Å². The number of nitrogens with two attached hydrogens (primary N) is 1. The van der Waals surface area contributed by atoms with Gasteiger partial charge >= 0.3 is 19.8 Å². The van der Waals surface area contributed by atoms with Crippen molar-refractivity contribution < 1.29 is 37.6 Å². The minimum absolute atomic E-state index is 0.0381. The fraction of sp³-hybridized carbons (Fsp3) is 0.659. The standard InChI is InChI=1S/C41H70NO8P/c1-3-5-7-9-11-13-15-17-18-19-20-22-23-25-27-29-31-33-40(43)47-37-39(38-49-51(45,46)48-36-35-42)50-41(44)34-32-30-28-26-24-21-16-14-12-10-8-6-4-2/h6,8,11-14,17-18,21,24,28,30,39H,3-5,7,9-10,15-16,19-20,22-23,25-27,29,31-38,42H2,1-2H3,(H,45,46)/b8-6-,13-11-,14-12-,18-17-,24-21-,30-28-. The Morgan fingerprint density at radius 2 is 1.12 bits per heavy atom. The zero-order valence-electron chi connectivity index (χ0n) is 31.8. The van der Waals surface area contributed by atoms with Crippen LogP contribution in [0.15, 0.2) is 72.9 Å². The average molecular weight is 736 g/mol. The van der Waals surface area contributed by atoms with Crippen LogP contribution < -0.4 is 5.73 Å². The van der Waals surface area contributed by atoms with Gasteiger partial charge in [-0.25, -0.2) is 4.57 Å². The van der Waals surface area contributed by atoms with Crippen molar-refractivity contribution >= 4 is 19.8 Å². The largest absolute Gasteiger partial charge is 0.472 e. The summed E-state index contributed by atoms with van der Waals surface area (Å²) in [6.45, 7) is 3.47. The van der Waals surface area contributed by atoms with Gasteiger partial charge in [-0.2, -0.15) is 0 Å². The second kappa shape index (κ2) is 37.2. The smallest absolute Gasteiger partial charge is 0.462 e. The fourth-order valence-electron chi connectivity index (χ4n) is 4.73. The van der Waals surface area contributed by atoms with E-state index < -0.39 is 32.5 Å². The molecule has 3 N–H and O–H groups in total. The minimum atomic E-state index is -4.40. The van der Waals surface area contributed by atoms with Crippen LogP contribution in [0.3, 0.4) is 0 Å². The molecule has 0 aromatic carbocycles. The molecular formula is C41H70NO8P. The maximum atomic E-state index is 12.5. The first-order valence-corrected chi connectivity index (χ1v) is 20.9. The topological polar surface area (TPSA) is 134 Å². The van der Waals surface area contributed by atoms with Gasteiger partial charge < -0.3 is 20.1 Å². The summed E-state index contributed by atoms with van der Waals surface area (Å²) in [5.41, 5.74) is 5.32. The molecule has 0 fully saturated rings. The molecule has 0 rings (SSSR count). The molecule has 0 radical (unpaired) electrons. The number of allylic oxidation sites excluding steroid dienone is 12. The number of carbonyl (C=O) groups is 2. The fourth-order valence-corrected chi connectivity index (χ4v) is 5.50. The number of phosphoric acid groups is 1. The number of carbonyl (C=O) groups excluding carboxylic acids is 2. The predicted molar refractivity (Wildman–Crippen MR) is 210 cm³/mol. The number of unbranched alkanes of at least 4 members (excludes halogenated alkanes) is 10. The first kappa shape index (κ1) is 48.5. The van der Waals surface area contributed by atoms with Gasteiger partial charge in [0, 0.05) is 19.4 Å². The molecule has 0 bridgehead atoms. The van der Waals surface area contributed by atoms with E-state index in [0.29, 0.717) is 12.8 Å². The van der Waals surface area contributed by atoms with E-state index >= 15 is 0 Å². The summed E-state index contributed by atoms with van der Waals surface area (Å²) in [5.74, 6) is -0.941. The molecule has 0 aliphatic heterocycles. The molecule has 292 valence electrons. The van der Waals surface area contributed by atoms with Gasteiger partial charge in [0.25, 0.3) is 0 Å². The van der Waals surface area contributed by atoms with Crippen LogP contribution in [0.2, 0.25) is 0 Å². The number of phosphoric ester groups is 1. The summed E-state index contributed by atoms with van der Waals surface area (Å²) in [5, 5.41) is 0. The van der Waals surface area contributed by atoms with Gasteiger partial charge in [0.2, 0.25) is 0 Å². The molecule has 2 unspecified atom stereocenters. The molecule has 0 saturated carbocycles. The van der Waals surface area contributed by atoms with Crippen LogP contribution in [0.4, 0.5) is 0 Å². The van der Waals surface area contributed by atoms with E-state index in [1.807, 2.05) is 12.2 Å². The maximum Gasteiger partial charge on any atom is 0.472 e. The third-order valence-electron chi connectivity index (χ3n) is 7.59. The molecule has 9 nitrogen and oxygen atoms in total. The Labute approximate surface area is 310 Å². The van der Waals surface area contributed by atoms with Crippen molar-refractivity contribution in [2.75, 3.05) is 26.4 Å². The number of ether oxygens (including phenoxy) is 2. The van der Waals surface area contributed by atoms with Gasteiger partial charge in [-0.3, -0.25) is 18.6 Å². The number of rotatable bonds is 35. The van der Waals surface area contributed by atoms with Crippen LogP contribution in [0.25, 0.3) is 0 Å². The SMILES string of the molecule is CC/C=C\C/C=C\C/C=C\C/C=C\CCC(=O)OC(COC(=O)CCCCCCCCC/C=C\C/C=C\CCCCC)COP(=O)(O)OCCN. The lowest BCUT2D eigenvalue weighted by molar-refractivity contribution is -0.161. The maximum absolute atomic E-state index is 12.5. The highest BCUT2D eigenvalue weighted by Crippen LogP contribution is 2.43. The summed E-state index contributed by atoms with van der Waals surface area (Å²) in [7, 11) is -4.40. The molecule has 0 heterocycles. The van der Waals surface area contributed by atoms with Gasteiger partial charge in [0.05, 0.1) is 13.2 Å². The third kappa shape index (κ3) is 37.0. The molecule has 10 heteroatoms. The second-order valence-electron chi connectivity index (χ2n) is 12.4. The quantitative estimate of drug-likeness (QED) is 0.0282. The summed E-state index contributed by atoms with van der Waals surface area (Å²) < 4.78 is 32.6. The Kier molecular flexibility index (Phi) is 35.4. The molecule has 0 aliphatic carbocycles. The normalized spacial score (nSPS) is 14.2. The zero-order chi connectivity index (χ0) is 37.5. The van der Waals surface area contributed by atoms with Crippen LogP contribution in [-0.2, 0) is 32.7 Å². The van der Waals surface area contributed by atoms with E-state index in [9.17, 15) is 19.0 Å². The minimum Gasteiger partial charge on any atom is -0.462 e. The van der Waals surface area contributed by atoms with E-state index in [4.69, 9.17) is 24.3 Å². The first-order chi connectivity index (χ1) is 24.8. The summed E-state index contributed by atoms with van der Waals surface area (Å²) in [6.07, 6.45) is 43.8. The van der Waals surface area contributed by atoms with E-state index in [1.54, 1.807) is 0 Å². The van der Waals surface area contributed by atoms with Gasteiger partial charge in [-0.15, -0.1) is 0 Å². The van der Waals surface area contributed by atoms with E-state index in [2.05, 4.69) is 74.6 Å². The van der Waals surface area contributed by atoms with E-state index in [0.717, 1.165) is 57.8 Å². The highest BCUT2D eigenvalue weighted by molar-refractivity contribution is 7.47. The zero-order valence-corrected chi connectivity index (χ0v) is 32.7. The van der Waals surface area contributed by atoms with E-state index in [-0.39, 0.29) is 32.6 Å². The van der Waals surface area contributed by atoms with Crippen molar-refractivity contribution in [1.82, 2.24) is 0 Å². The van der Waals surface area contributed by atoms with Crippen molar-refractivity contribution in [2.45, 2.75) is 148 Å². The van der Waals surface area contributed by atoms with Crippen LogP contribution >= 0.6 is 7.82 Å². The van der Waals surface area contributed by atoms with Crippen molar-refractivity contribution in [2.24, 2.45) is 5.73 Å². The molecule has 0 amide bonds. The Morgan fingerprint density at radius 3 is 1.69 bits per heavy atom. The monoisotopic (exact) mass is 735 g/mol. The number of hydrogen-bond acceptors (Lipinski definition) is 8. The van der Waals surface area contributed by atoms with Crippen LogP contribution in [0, 0.1) is 0 Å².